The first kappa shape index (κ1) is 12.4. The maximum Gasteiger partial charge on any atom is 0.316 e. The first-order valence-electron chi connectivity index (χ1n) is 3.04. The molecule has 2 nitrogen and oxygen atoms in total. The number of rotatable bonds is 4. The molecule has 0 atom stereocenters. The van der Waals surface area contributed by atoms with E-state index >= 15 is 0 Å². The molecule has 0 aliphatic heterocycles. The van der Waals surface area contributed by atoms with Crippen molar-refractivity contribution in [3.8, 4) is 0 Å². The molecule has 0 unspecified atom stereocenters. The summed E-state index contributed by atoms with van der Waals surface area (Å²) in [6.07, 6.45) is -0.0370. The molecule has 0 aromatic carbocycles. The molecule has 0 aliphatic rings. The fourth-order valence-corrected chi connectivity index (χ4v) is 0.518. The Balaban J connectivity index is 0. The van der Waals surface area contributed by atoms with Crippen LogP contribution in [0.2, 0.25) is 0 Å². The summed E-state index contributed by atoms with van der Waals surface area (Å²) in [5, 5.41) is 0. The summed E-state index contributed by atoms with van der Waals surface area (Å²) in [5.74, 6) is 0. The Morgan fingerprint density at radius 1 is 1.11 bits per heavy atom. The number of hydrogen-bond donors (Lipinski definition) is 0. The molecule has 0 aromatic heterocycles. The standard InChI is InChI=1S/C6H14O2.Mg.2H/c1-4-7-6(3)8-5-2;;;/h6H,4-5H2,1-3H3;;;. The molecular formula is C6H16MgO2. The van der Waals surface area contributed by atoms with Gasteiger partial charge in [0, 0.05) is 13.2 Å². The third-order valence-electron chi connectivity index (χ3n) is 0.803. The Labute approximate surface area is 73.1 Å². The van der Waals surface area contributed by atoms with E-state index in [1.165, 1.54) is 0 Å². The second-order valence-electron chi connectivity index (χ2n) is 1.48. The summed E-state index contributed by atoms with van der Waals surface area (Å²) in [4.78, 5) is 0. The van der Waals surface area contributed by atoms with Crippen LogP contribution in [0.5, 0.6) is 0 Å². The van der Waals surface area contributed by atoms with Crippen LogP contribution in [0.15, 0.2) is 0 Å². The maximum atomic E-state index is 5.06. The van der Waals surface area contributed by atoms with Crippen molar-refractivity contribution in [1.82, 2.24) is 0 Å². The minimum atomic E-state index is -0.0370. The van der Waals surface area contributed by atoms with Gasteiger partial charge in [-0.25, -0.2) is 0 Å². The predicted octanol–water partition coefficient (Wildman–Crippen LogP) is 0.489. The first-order chi connectivity index (χ1) is 3.81. The van der Waals surface area contributed by atoms with Gasteiger partial charge in [-0.1, -0.05) is 0 Å². The van der Waals surface area contributed by atoms with Crippen LogP contribution in [0.3, 0.4) is 0 Å². The Hall–Kier alpha value is 0.686. The van der Waals surface area contributed by atoms with Crippen molar-refractivity contribution < 1.29 is 9.47 Å². The molecule has 0 heterocycles. The van der Waals surface area contributed by atoms with E-state index in [0.717, 1.165) is 13.2 Å². The van der Waals surface area contributed by atoms with Gasteiger partial charge in [0.05, 0.1) is 0 Å². The van der Waals surface area contributed by atoms with Gasteiger partial charge in [-0.2, -0.15) is 0 Å². The predicted molar refractivity (Wildman–Crippen MR) is 41.3 cm³/mol. The summed E-state index contributed by atoms with van der Waals surface area (Å²) in [6.45, 7) is 7.25. The van der Waals surface area contributed by atoms with Gasteiger partial charge < -0.3 is 9.47 Å². The normalized spacial score (nSPS) is 9.33. The summed E-state index contributed by atoms with van der Waals surface area (Å²) in [7, 11) is 0. The molecule has 0 amide bonds. The fourth-order valence-electron chi connectivity index (χ4n) is 0.518. The summed E-state index contributed by atoms with van der Waals surface area (Å²) in [6, 6.07) is 0. The van der Waals surface area contributed by atoms with E-state index in [-0.39, 0.29) is 29.3 Å². The summed E-state index contributed by atoms with van der Waals surface area (Å²) >= 11 is 0. The maximum absolute atomic E-state index is 5.06. The third-order valence-corrected chi connectivity index (χ3v) is 0.803. The van der Waals surface area contributed by atoms with Gasteiger partial charge in [0.2, 0.25) is 0 Å². The molecule has 0 radical (unpaired) electrons. The minimum absolute atomic E-state index is 0. The van der Waals surface area contributed by atoms with Crippen molar-refractivity contribution in [2.75, 3.05) is 13.2 Å². The van der Waals surface area contributed by atoms with Gasteiger partial charge in [-0.05, 0) is 20.8 Å². The van der Waals surface area contributed by atoms with Crippen LogP contribution in [0.25, 0.3) is 0 Å². The molecule has 0 fully saturated rings. The number of hydrogen-bond acceptors (Lipinski definition) is 2. The molecule has 0 saturated heterocycles. The van der Waals surface area contributed by atoms with Crippen molar-refractivity contribution in [1.29, 1.82) is 0 Å². The van der Waals surface area contributed by atoms with Crippen LogP contribution < -0.4 is 0 Å². The third kappa shape index (κ3) is 8.69. The number of ether oxygens (including phenoxy) is 2. The smallest absolute Gasteiger partial charge is 0.316 e. The summed E-state index contributed by atoms with van der Waals surface area (Å²) in [5.41, 5.74) is 0. The first-order valence-corrected chi connectivity index (χ1v) is 3.04. The highest BCUT2D eigenvalue weighted by atomic mass is 24.3. The van der Waals surface area contributed by atoms with E-state index in [1.807, 2.05) is 20.8 Å². The average molecular weight is 144 g/mol. The lowest BCUT2D eigenvalue weighted by molar-refractivity contribution is -0.123. The molecule has 0 N–H and O–H groups in total. The highest BCUT2D eigenvalue weighted by Gasteiger charge is 1.94. The average Bonchev–Trinajstić information content (AvgIpc) is 1.68. The second kappa shape index (κ2) is 8.69. The van der Waals surface area contributed by atoms with E-state index in [1.54, 1.807) is 0 Å². The minimum Gasteiger partial charge on any atom is -0.353 e. The van der Waals surface area contributed by atoms with Crippen molar-refractivity contribution in [2.24, 2.45) is 0 Å². The van der Waals surface area contributed by atoms with Crippen LogP contribution in [-0.4, -0.2) is 42.6 Å². The van der Waals surface area contributed by atoms with E-state index < -0.39 is 0 Å². The quantitative estimate of drug-likeness (QED) is 0.422. The van der Waals surface area contributed by atoms with Crippen LogP contribution in [0.1, 0.15) is 20.8 Å². The van der Waals surface area contributed by atoms with Gasteiger partial charge in [0.1, 0.15) is 0 Å². The van der Waals surface area contributed by atoms with Crippen LogP contribution in [0, 0.1) is 0 Å². The molecule has 0 aromatic rings. The topological polar surface area (TPSA) is 18.5 Å². The molecular weight excluding hydrogens is 128 g/mol. The molecule has 0 rings (SSSR count). The Morgan fingerprint density at radius 2 is 1.44 bits per heavy atom. The zero-order valence-electron chi connectivity index (χ0n) is 5.81. The molecule has 9 heavy (non-hydrogen) atoms. The largest absolute Gasteiger partial charge is 0.353 e. The van der Waals surface area contributed by atoms with Crippen molar-refractivity contribution in [2.45, 2.75) is 27.1 Å². The van der Waals surface area contributed by atoms with E-state index in [9.17, 15) is 0 Å². The zero-order valence-corrected chi connectivity index (χ0v) is 5.81. The molecule has 0 bridgehead atoms. The van der Waals surface area contributed by atoms with Crippen LogP contribution in [0.4, 0.5) is 0 Å². The summed E-state index contributed by atoms with van der Waals surface area (Å²) < 4.78 is 10.1. The molecule has 0 saturated carbocycles. The van der Waals surface area contributed by atoms with Crippen molar-refractivity contribution in [3.63, 3.8) is 0 Å². The van der Waals surface area contributed by atoms with Gasteiger partial charge in [0.25, 0.3) is 0 Å². The van der Waals surface area contributed by atoms with Crippen molar-refractivity contribution >= 4 is 23.1 Å². The lowest BCUT2D eigenvalue weighted by Crippen LogP contribution is -2.11. The highest BCUT2D eigenvalue weighted by molar-refractivity contribution is 5.75. The molecule has 3 heteroatoms. The van der Waals surface area contributed by atoms with Crippen LogP contribution >= 0.6 is 0 Å². The Morgan fingerprint density at radius 3 is 1.67 bits per heavy atom. The Bertz CT molecular complexity index is 44.3. The van der Waals surface area contributed by atoms with E-state index in [4.69, 9.17) is 9.47 Å². The van der Waals surface area contributed by atoms with E-state index in [0.29, 0.717) is 0 Å². The van der Waals surface area contributed by atoms with Crippen LogP contribution in [-0.2, 0) is 9.47 Å². The van der Waals surface area contributed by atoms with Gasteiger partial charge in [0.15, 0.2) is 6.29 Å². The monoisotopic (exact) mass is 144 g/mol. The second-order valence-corrected chi connectivity index (χ2v) is 1.48. The SMILES string of the molecule is CCOC(C)OCC.[MgH2]. The molecule has 54 valence electrons. The highest BCUT2D eigenvalue weighted by Crippen LogP contribution is 1.90. The fraction of sp³-hybridized carbons (Fsp3) is 1.00. The lowest BCUT2D eigenvalue weighted by atomic mass is 10.7. The van der Waals surface area contributed by atoms with E-state index in [2.05, 4.69) is 0 Å². The lowest BCUT2D eigenvalue weighted by Gasteiger charge is -2.09. The van der Waals surface area contributed by atoms with Crippen molar-refractivity contribution in [3.05, 3.63) is 0 Å². The van der Waals surface area contributed by atoms with Gasteiger partial charge in [-0.3, -0.25) is 0 Å². The molecule has 0 spiro atoms. The zero-order chi connectivity index (χ0) is 6.41. The molecule has 0 aliphatic carbocycles. The Kier molecular flexibility index (Phi) is 11.9. The van der Waals surface area contributed by atoms with Gasteiger partial charge in [-0.15, -0.1) is 0 Å². The van der Waals surface area contributed by atoms with Gasteiger partial charge >= 0.3 is 23.1 Å².